The molecule has 1 aliphatic carbocycles. The van der Waals surface area contributed by atoms with Crippen LogP contribution >= 0.6 is 11.6 Å². The molecular weight excluding hydrogens is 416 g/mol. The number of fused-ring (bicyclic) bond motifs is 3. The summed E-state index contributed by atoms with van der Waals surface area (Å²) in [5.74, 6) is 1.76. The van der Waals surface area contributed by atoms with Crippen molar-refractivity contribution >= 4 is 28.2 Å². The highest BCUT2D eigenvalue weighted by atomic mass is 35.5. The molecule has 1 saturated carbocycles. The minimum atomic E-state index is -0.223. The number of rotatable bonds is 4. The summed E-state index contributed by atoms with van der Waals surface area (Å²) in [7, 11) is 0. The van der Waals surface area contributed by atoms with E-state index < -0.39 is 0 Å². The van der Waals surface area contributed by atoms with Gasteiger partial charge in [-0.2, -0.15) is 4.98 Å². The first kappa shape index (κ1) is 18.3. The average Bonchev–Trinajstić information content (AvgIpc) is 3.17. The molecule has 2 unspecified atom stereocenters. The highest BCUT2D eigenvalue weighted by Gasteiger charge is 2.39. The molecule has 0 saturated heterocycles. The van der Waals surface area contributed by atoms with Gasteiger partial charge in [-0.05, 0) is 42.7 Å². The summed E-state index contributed by atoms with van der Waals surface area (Å²) in [6.07, 6.45) is 4.36. The Morgan fingerprint density at radius 2 is 2.06 bits per heavy atom. The Labute approximate surface area is 181 Å². The smallest absolute Gasteiger partial charge is 0.278 e. The minimum absolute atomic E-state index is 0.223. The minimum Gasteiger partial charge on any atom is -0.339 e. The Bertz CT molecular complexity index is 1500. The Balaban J connectivity index is 1.60. The SMILES string of the molecule is CC1CC1c1nc(-c2ncn3c2c(=O)n(Cc2ccccn2)c2cc(Cl)ccc23)no1. The summed E-state index contributed by atoms with van der Waals surface area (Å²) in [5.41, 5.74) is 2.83. The number of pyridine rings is 1. The monoisotopic (exact) mass is 432 g/mol. The molecule has 4 aromatic heterocycles. The maximum absolute atomic E-state index is 13.7. The number of aromatic nitrogens is 6. The van der Waals surface area contributed by atoms with Gasteiger partial charge in [-0.25, -0.2) is 4.98 Å². The molecule has 8 nitrogen and oxygen atoms in total. The normalized spacial score (nSPS) is 18.1. The first-order valence-electron chi connectivity index (χ1n) is 10.0. The summed E-state index contributed by atoms with van der Waals surface area (Å²) in [6, 6.07) is 11.1. The fourth-order valence-electron chi connectivity index (χ4n) is 4.01. The van der Waals surface area contributed by atoms with Gasteiger partial charge in [0.25, 0.3) is 5.56 Å². The molecule has 0 spiro atoms. The zero-order chi connectivity index (χ0) is 21.1. The third kappa shape index (κ3) is 2.94. The van der Waals surface area contributed by atoms with E-state index in [1.165, 1.54) is 0 Å². The molecule has 5 aromatic rings. The largest absolute Gasteiger partial charge is 0.339 e. The average molecular weight is 433 g/mol. The van der Waals surface area contributed by atoms with Crippen molar-refractivity contribution in [1.82, 2.24) is 29.1 Å². The molecule has 4 heterocycles. The number of nitrogens with zero attached hydrogens (tertiary/aromatic N) is 6. The summed E-state index contributed by atoms with van der Waals surface area (Å²) in [5, 5.41) is 4.65. The lowest BCUT2D eigenvalue weighted by Gasteiger charge is -2.12. The third-order valence-electron chi connectivity index (χ3n) is 5.83. The number of hydrogen-bond donors (Lipinski definition) is 0. The van der Waals surface area contributed by atoms with E-state index in [1.54, 1.807) is 33.6 Å². The first-order chi connectivity index (χ1) is 15.1. The third-order valence-corrected chi connectivity index (χ3v) is 6.06. The Kier molecular flexibility index (Phi) is 3.97. The van der Waals surface area contributed by atoms with Crippen molar-refractivity contribution in [2.45, 2.75) is 25.8 Å². The fraction of sp³-hybridized carbons (Fsp3) is 0.227. The van der Waals surface area contributed by atoms with Crippen molar-refractivity contribution < 1.29 is 4.52 Å². The van der Waals surface area contributed by atoms with E-state index in [0.29, 0.717) is 51.8 Å². The molecule has 0 N–H and O–H groups in total. The van der Waals surface area contributed by atoms with Gasteiger partial charge in [0, 0.05) is 17.1 Å². The molecule has 31 heavy (non-hydrogen) atoms. The van der Waals surface area contributed by atoms with E-state index in [1.807, 2.05) is 24.3 Å². The molecule has 154 valence electrons. The van der Waals surface area contributed by atoms with Crippen LogP contribution in [0.25, 0.3) is 28.1 Å². The standard InChI is InChI=1S/C22H17ClN6O2/c1-12-8-15(12)21-26-20(27-31-21)18-19-22(30)28(10-14-4-2-3-7-24-14)17-9-13(23)5-6-16(17)29(19)11-25-18/h2-7,9,11-12,15H,8,10H2,1H3. The van der Waals surface area contributed by atoms with Gasteiger partial charge >= 0.3 is 0 Å². The van der Waals surface area contributed by atoms with Gasteiger partial charge in [-0.15, -0.1) is 0 Å². The van der Waals surface area contributed by atoms with Gasteiger partial charge < -0.3 is 4.52 Å². The Morgan fingerprint density at radius 1 is 1.19 bits per heavy atom. The quantitative estimate of drug-likeness (QED) is 0.427. The van der Waals surface area contributed by atoms with Crippen LogP contribution in [0.1, 0.15) is 30.8 Å². The highest BCUT2D eigenvalue weighted by Crippen LogP contribution is 2.46. The van der Waals surface area contributed by atoms with Crippen LogP contribution in [0.4, 0.5) is 0 Å². The van der Waals surface area contributed by atoms with Crippen LogP contribution < -0.4 is 5.56 Å². The number of benzene rings is 1. The van der Waals surface area contributed by atoms with Gasteiger partial charge in [0.2, 0.25) is 11.7 Å². The molecular formula is C22H17ClN6O2. The molecule has 0 bridgehead atoms. The van der Waals surface area contributed by atoms with Gasteiger partial charge in [-0.1, -0.05) is 29.7 Å². The highest BCUT2D eigenvalue weighted by molar-refractivity contribution is 6.31. The van der Waals surface area contributed by atoms with Crippen LogP contribution in [0.5, 0.6) is 0 Å². The molecule has 9 heteroatoms. The zero-order valence-corrected chi connectivity index (χ0v) is 17.3. The van der Waals surface area contributed by atoms with E-state index in [2.05, 4.69) is 27.0 Å². The summed E-state index contributed by atoms with van der Waals surface area (Å²) in [4.78, 5) is 27.0. The van der Waals surface area contributed by atoms with E-state index in [-0.39, 0.29) is 5.56 Å². The predicted molar refractivity (Wildman–Crippen MR) is 115 cm³/mol. The van der Waals surface area contributed by atoms with Crippen LogP contribution in [0.2, 0.25) is 5.02 Å². The second-order valence-electron chi connectivity index (χ2n) is 7.93. The van der Waals surface area contributed by atoms with Crippen molar-refractivity contribution in [2.24, 2.45) is 5.92 Å². The van der Waals surface area contributed by atoms with Gasteiger partial charge in [0.15, 0.2) is 0 Å². The van der Waals surface area contributed by atoms with Crippen molar-refractivity contribution in [1.29, 1.82) is 0 Å². The van der Waals surface area contributed by atoms with E-state index in [0.717, 1.165) is 17.6 Å². The molecule has 0 radical (unpaired) electrons. The summed E-state index contributed by atoms with van der Waals surface area (Å²) in [6.45, 7) is 2.45. The van der Waals surface area contributed by atoms with Gasteiger partial charge in [0.05, 0.1) is 23.3 Å². The molecule has 2 atom stereocenters. The van der Waals surface area contributed by atoms with Crippen molar-refractivity contribution in [3.05, 3.63) is 75.9 Å². The number of hydrogen-bond acceptors (Lipinski definition) is 6. The van der Waals surface area contributed by atoms with Crippen LogP contribution in [-0.4, -0.2) is 29.1 Å². The van der Waals surface area contributed by atoms with Crippen LogP contribution in [0, 0.1) is 5.92 Å². The van der Waals surface area contributed by atoms with Crippen molar-refractivity contribution in [2.75, 3.05) is 0 Å². The lowest BCUT2D eigenvalue weighted by Crippen LogP contribution is -2.24. The van der Waals surface area contributed by atoms with E-state index in [9.17, 15) is 4.79 Å². The van der Waals surface area contributed by atoms with Crippen molar-refractivity contribution in [3.63, 3.8) is 0 Å². The fourth-order valence-corrected chi connectivity index (χ4v) is 4.18. The Hall–Kier alpha value is -3.52. The zero-order valence-electron chi connectivity index (χ0n) is 16.6. The Morgan fingerprint density at radius 3 is 2.84 bits per heavy atom. The molecule has 1 aromatic carbocycles. The maximum atomic E-state index is 13.7. The second kappa shape index (κ2) is 6.75. The predicted octanol–water partition coefficient (Wildman–Crippen LogP) is 3.92. The van der Waals surface area contributed by atoms with Crippen LogP contribution in [-0.2, 0) is 6.54 Å². The molecule has 6 rings (SSSR count). The topological polar surface area (TPSA) is 91.1 Å². The number of halogens is 1. The molecule has 1 aliphatic rings. The van der Waals surface area contributed by atoms with Crippen molar-refractivity contribution in [3.8, 4) is 11.5 Å². The van der Waals surface area contributed by atoms with E-state index >= 15 is 0 Å². The van der Waals surface area contributed by atoms with E-state index in [4.69, 9.17) is 16.1 Å². The van der Waals surface area contributed by atoms with Crippen LogP contribution in [0.3, 0.4) is 0 Å². The maximum Gasteiger partial charge on any atom is 0.278 e. The first-order valence-corrected chi connectivity index (χ1v) is 10.4. The molecule has 0 amide bonds. The van der Waals surface area contributed by atoms with Gasteiger partial charge in [-0.3, -0.25) is 18.7 Å². The lowest BCUT2D eigenvalue weighted by molar-refractivity contribution is 0.376. The van der Waals surface area contributed by atoms with Crippen LogP contribution in [0.15, 0.2) is 58.2 Å². The van der Waals surface area contributed by atoms with Gasteiger partial charge in [0.1, 0.15) is 17.5 Å². The number of imidazole rings is 1. The summed E-state index contributed by atoms with van der Waals surface area (Å²) >= 11 is 6.26. The molecule has 0 aliphatic heterocycles. The lowest BCUT2D eigenvalue weighted by atomic mass is 10.2. The second-order valence-corrected chi connectivity index (χ2v) is 8.37. The summed E-state index contributed by atoms with van der Waals surface area (Å²) < 4.78 is 8.87. The molecule has 1 fully saturated rings.